The summed E-state index contributed by atoms with van der Waals surface area (Å²) in [5, 5.41) is 3.80. The molecule has 3 rings (SSSR count). The molecule has 0 amide bonds. The molecule has 108 valence electrons. The zero-order chi connectivity index (χ0) is 14.0. The van der Waals surface area contributed by atoms with Crippen LogP contribution in [0.1, 0.15) is 69.5 Å². The highest BCUT2D eigenvalue weighted by atomic mass is 14.9. The molecule has 1 N–H and O–H groups in total. The molecular formula is C19H27N. The second kappa shape index (κ2) is 5.73. The molecule has 2 aliphatic rings. The van der Waals surface area contributed by atoms with Crippen LogP contribution >= 0.6 is 0 Å². The highest BCUT2D eigenvalue weighted by molar-refractivity contribution is 5.38. The van der Waals surface area contributed by atoms with Crippen LogP contribution in [0.5, 0.6) is 0 Å². The zero-order valence-corrected chi connectivity index (χ0v) is 12.9. The second-order valence-electron chi connectivity index (χ2n) is 7.02. The van der Waals surface area contributed by atoms with Crippen molar-refractivity contribution in [1.82, 2.24) is 5.32 Å². The maximum Gasteiger partial charge on any atom is 0.0323 e. The highest BCUT2D eigenvalue weighted by Crippen LogP contribution is 2.41. The monoisotopic (exact) mass is 269 g/mol. The highest BCUT2D eigenvalue weighted by Gasteiger charge is 2.31. The van der Waals surface area contributed by atoms with E-state index in [0.717, 1.165) is 6.54 Å². The number of hydrogen-bond donors (Lipinski definition) is 1. The number of benzene rings is 1. The molecule has 1 atom stereocenters. The van der Waals surface area contributed by atoms with E-state index in [2.05, 4.69) is 49.5 Å². The van der Waals surface area contributed by atoms with Crippen LogP contribution in [-0.4, -0.2) is 6.54 Å². The molecule has 0 saturated carbocycles. The average Bonchev–Trinajstić information content (AvgIpc) is 2.95. The number of hydrogen-bond acceptors (Lipinski definition) is 1. The van der Waals surface area contributed by atoms with Gasteiger partial charge in [0.05, 0.1) is 0 Å². The van der Waals surface area contributed by atoms with E-state index in [1.54, 1.807) is 11.1 Å². The van der Waals surface area contributed by atoms with Crippen molar-refractivity contribution in [2.45, 2.75) is 63.8 Å². The van der Waals surface area contributed by atoms with Gasteiger partial charge in [-0.05, 0) is 61.6 Å². The summed E-state index contributed by atoms with van der Waals surface area (Å²) in [5.74, 6) is 0. The summed E-state index contributed by atoms with van der Waals surface area (Å²) in [6.07, 6.45) is 10.2. The average molecular weight is 269 g/mol. The first-order valence-corrected chi connectivity index (χ1v) is 8.17. The van der Waals surface area contributed by atoms with Crippen LogP contribution in [0.4, 0.5) is 0 Å². The summed E-state index contributed by atoms with van der Waals surface area (Å²) in [7, 11) is 0. The van der Waals surface area contributed by atoms with Crippen LogP contribution in [0.15, 0.2) is 35.9 Å². The third-order valence-corrected chi connectivity index (χ3v) is 5.10. The Morgan fingerprint density at radius 3 is 2.90 bits per heavy atom. The predicted octanol–water partition coefficient (Wildman–Crippen LogP) is 4.89. The van der Waals surface area contributed by atoms with E-state index in [1.807, 2.05) is 0 Å². The van der Waals surface area contributed by atoms with Gasteiger partial charge in [-0.15, -0.1) is 0 Å². The van der Waals surface area contributed by atoms with Gasteiger partial charge in [-0.3, -0.25) is 0 Å². The molecule has 0 heterocycles. The lowest BCUT2D eigenvalue weighted by atomic mass is 9.71. The zero-order valence-electron chi connectivity index (χ0n) is 12.9. The third-order valence-electron chi connectivity index (χ3n) is 5.10. The normalized spacial score (nSPS) is 24.3. The van der Waals surface area contributed by atoms with Crippen molar-refractivity contribution in [2.24, 2.45) is 0 Å². The van der Waals surface area contributed by atoms with Gasteiger partial charge < -0.3 is 5.32 Å². The van der Waals surface area contributed by atoms with Crippen molar-refractivity contribution in [1.29, 1.82) is 0 Å². The van der Waals surface area contributed by atoms with Crippen LogP contribution < -0.4 is 5.32 Å². The summed E-state index contributed by atoms with van der Waals surface area (Å²) in [6.45, 7) is 5.89. The summed E-state index contributed by atoms with van der Waals surface area (Å²) < 4.78 is 0. The molecule has 0 saturated heterocycles. The molecule has 1 heteroatoms. The van der Waals surface area contributed by atoms with Crippen LogP contribution in [0.2, 0.25) is 0 Å². The van der Waals surface area contributed by atoms with Crippen molar-refractivity contribution in [3.8, 4) is 0 Å². The van der Waals surface area contributed by atoms with Crippen molar-refractivity contribution < 1.29 is 0 Å². The Kier molecular flexibility index (Phi) is 3.98. The summed E-state index contributed by atoms with van der Waals surface area (Å²) >= 11 is 0. The molecule has 20 heavy (non-hydrogen) atoms. The molecule has 0 spiro atoms. The lowest BCUT2D eigenvalue weighted by Crippen LogP contribution is -2.33. The minimum Gasteiger partial charge on any atom is -0.310 e. The Morgan fingerprint density at radius 1 is 1.25 bits per heavy atom. The fourth-order valence-corrected chi connectivity index (χ4v) is 3.80. The van der Waals surface area contributed by atoms with Gasteiger partial charge >= 0.3 is 0 Å². The van der Waals surface area contributed by atoms with Gasteiger partial charge in [-0.25, -0.2) is 0 Å². The van der Waals surface area contributed by atoms with Crippen molar-refractivity contribution in [3.05, 3.63) is 47.0 Å². The van der Waals surface area contributed by atoms with Gasteiger partial charge in [0.25, 0.3) is 0 Å². The van der Waals surface area contributed by atoms with Gasteiger partial charge in [0.15, 0.2) is 0 Å². The number of nitrogens with one attached hydrogen (secondary N) is 1. The van der Waals surface area contributed by atoms with Crippen molar-refractivity contribution in [3.63, 3.8) is 0 Å². The van der Waals surface area contributed by atoms with Crippen molar-refractivity contribution in [2.75, 3.05) is 6.54 Å². The Morgan fingerprint density at radius 2 is 2.10 bits per heavy atom. The minimum absolute atomic E-state index is 0.336. The van der Waals surface area contributed by atoms with E-state index in [0.29, 0.717) is 11.5 Å². The summed E-state index contributed by atoms with van der Waals surface area (Å²) in [6, 6.07) is 9.58. The second-order valence-corrected chi connectivity index (χ2v) is 7.02. The Balaban J connectivity index is 1.65. The van der Waals surface area contributed by atoms with E-state index < -0.39 is 0 Å². The Bertz CT molecular complexity index is 498. The molecule has 0 aliphatic heterocycles. The molecule has 0 fully saturated rings. The molecule has 2 aliphatic carbocycles. The first-order valence-electron chi connectivity index (χ1n) is 8.17. The third kappa shape index (κ3) is 2.83. The molecule has 1 unspecified atom stereocenters. The van der Waals surface area contributed by atoms with Crippen molar-refractivity contribution >= 4 is 0 Å². The number of rotatable bonds is 4. The van der Waals surface area contributed by atoms with Gasteiger partial charge in [-0.2, -0.15) is 0 Å². The van der Waals surface area contributed by atoms with Crippen LogP contribution in [0, 0.1) is 0 Å². The maximum atomic E-state index is 3.80. The molecule has 1 nitrogen and oxygen atoms in total. The maximum absolute atomic E-state index is 3.80. The first-order chi connectivity index (χ1) is 9.67. The molecule has 1 aromatic carbocycles. The minimum atomic E-state index is 0.336. The van der Waals surface area contributed by atoms with Crippen LogP contribution in [0.3, 0.4) is 0 Å². The topological polar surface area (TPSA) is 12.0 Å². The van der Waals surface area contributed by atoms with E-state index in [-0.39, 0.29) is 0 Å². The molecule has 1 aromatic rings. The van der Waals surface area contributed by atoms with Gasteiger partial charge in [0, 0.05) is 6.04 Å². The lowest BCUT2D eigenvalue weighted by Gasteiger charge is -2.37. The fourth-order valence-electron chi connectivity index (χ4n) is 3.80. The van der Waals surface area contributed by atoms with E-state index >= 15 is 0 Å². The SMILES string of the molecule is CC1(C)CCC(NCCC2=CCCC2)c2ccccc21. The van der Waals surface area contributed by atoms with E-state index in [9.17, 15) is 0 Å². The Hall–Kier alpha value is -1.08. The molecule has 0 bridgehead atoms. The number of allylic oxidation sites excluding steroid dienone is 1. The summed E-state index contributed by atoms with van der Waals surface area (Å²) in [5.41, 5.74) is 5.08. The fraction of sp³-hybridized carbons (Fsp3) is 0.579. The number of fused-ring (bicyclic) bond motifs is 1. The quantitative estimate of drug-likeness (QED) is 0.767. The standard InChI is InChI=1S/C19H27N/c1-19(2)13-11-18(16-9-5-6-10-17(16)19)20-14-12-15-7-3-4-8-15/h5-7,9-10,18,20H,3-4,8,11-14H2,1-2H3. The first kappa shape index (κ1) is 13.9. The van der Waals surface area contributed by atoms with E-state index in [1.165, 1.54) is 44.1 Å². The van der Waals surface area contributed by atoms with Crippen LogP contribution in [0.25, 0.3) is 0 Å². The molecule has 0 aromatic heterocycles. The molecular weight excluding hydrogens is 242 g/mol. The summed E-state index contributed by atoms with van der Waals surface area (Å²) in [4.78, 5) is 0. The van der Waals surface area contributed by atoms with Gasteiger partial charge in [0.1, 0.15) is 0 Å². The predicted molar refractivity (Wildman–Crippen MR) is 86.0 cm³/mol. The largest absolute Gasteiger partial charge is 0.310 e. The smallest absolute Gasteiger partial charge is 0.0323 e. The lowest BCUT2D eigenvalue weighted by molar-refractivity contribution is 0.359. The van der Waals surface area contributed by atoms with Gasteiger partial charge in [-0.1, -0.05) is 49.8 Å². The molecule has 0 radical (unpaired) electrons. The van der Waals surface area contributed by atoms with Gasteiger partial charge in [0.2, 0.25) is 0 Å². The Labute approximate surface area is 123 Å². The van der Waals surface area contributed by atoms with E-state index in [4.69, 9.17) is 0 Å². The van der Waals surface area contributed by atoms with Crippen LogP contribution in [-0.2, 0) is 5.41 Å².